The first-order valence-electron chi connectivity index (χ1n) is 10.5. The van der Waals surface area contributed by atoms with Crippen LogP contribution in [0.1, 0.15) is 41.7 Å². The SMILES string of the molecule is Cc1ccc(N2CCC3(CCN(C(=O)c4ccnnc4)CC3)CC2)nn1.O=C(O)C(F)(F)F. The molecule has 2 aliphatic heterocycles. The van der Waals surface area contributed by atoms with Gasteiger partial charge in [0.1, 0.15) is 0 Å². The molecule has 0 saturated carbocycles. The Labute approximate surface area is 188 Å². The molecule has 4 heterocycles. The maximum atomic E-state index is 12.6. The molecule has 0 atom stereocenters. The van der Waals surface area contributed by atoms with E-state index in [9.17, 15) is 18.0 Å². The molecule has 178 valence electrons. The zero-order valence-electron chi connectivity index (χ0n) is 18.1. The number of aliphatic carboxylic acids is 1. The van der Waals surface area contributed by atoms with Crippen molar-refractivity contribution in [2.45, 2.75) is 38.8 Å². The Kier molecular flexibility index (Phi) is 7.44. The molecule has 1 amide bonds. The van der Waals surface area contributed by atoms with Crippen molar-refractivity contribution in [3.63, 3.8) is 0 Å². The monoisotopic (exact) mass is 466 g/mol. The van der Waals surface area contributed by atoms with Gasteiger partial charge in [0, 0.05) is 26.2 Å². The standard InChI is InChI=1S/C19H24N6O.C2HF3O2/c1-15-2-3-17(23-22-15)24-10-5-19(6-11-24)7-12-25(13-8-19)18(26)16-4-9-20-21-14-16;3-2(4,5)1(6)7/h2-4,9,14H,5-8,10-13H2,1H3;(H,6,7). The summed E-state index contributed by atoms with van der Waals surface area (Å²) < 4.78 is 31.7. The number of halogens is 3. The van der Waals surface area contributed by atoms with Gasteiger partial charge in [0.25, 0.3) is 5.91 Å². The third-order valence-electron chi connectivity index (χ3n) is 6.12. The quantitative estimate of drug-likeness (QED) is 0.719. The number of hydrogen-bond donors (Lipinski definition) is 1. The minimum Gasteiger partial charge on any atom is -0.475 e. The van der Waals surface area contributed by atoms with Crippen LogP contribution in [0.5, 0.6) is 0 Å². The first kappa shape index (κ1) is 24.3. The van der Waals surface area contributed by atoms with Crippen molar-refractivity contribution >= 4 is 17.7 Å². The number of carboxylic acid groups (broad SMARTS) is 1. The van der Waals surface area contributed by atoms with E-state index in [4.69, 9.17) is 9.90 Å². The summed E-state index contributed by atoms with van der Waals surface area (Å²) in [6.45, 7) is 5.63. The molecule has 1 spiro atoms. The molecule has 1 N–H and O–H groups in total. The van der Waals surface area contributed by atoms with Crippen molar-refractivity contribution < 1.29 is 27.9 Å². The second-order valence-electron chi connectivity index (χ2n) is 8.25. The Morgan fingerprint density at radius 1 is 0.970 bits per heavy atom. The van der Waals surface area contributed by atoms with Gasteiger partial charge in [-0.25, -0.2) is 4.79 Å². The van der Waals surface area contributed by atoms with Crippen LogP contribution in [-0.2, 0) is 4.79 Å². The van der Waals surface area contributed by atoms with Crippen molar-refractivity contribution in [3.8, 4) is 0 Å². The third kappa shape index (κ3) is 6.36. The fourth-order valence-corrected chi connectivity index (χ4v) is 4.05. The van der Waals surface area contributed by atoms with Crippen LogP contribution in [0.3, 0.4) is 0 Å². The predicted octanol–water partition coefficient (Wildman–Crippen LogP) is 2.73. The van der Waals surface area contributed by atoms with Crippen molar-refractivity contribution in [2.24, 2.45) is 5.41 Å². The van der Waals surface area contributed by atoms with Crippen LogP contribution < -0.4 is 4.90 Å². The van der Waals surface area contributed by atoms with Gasteiger partial charge in [0.2, 0.25) is 0 Å². The van der Waals surface area contributed by atoms with Gasteiger partial charge in [-0.2, -0.15) is 28.5 Å². The molecular formula is C21H25F3N6O3. The second kappa shape index (κ2) is 10.1. The Bertz CT molecular complexity index is 938. The van der Waals surface area contributed by atoms with E-state index in [0.717, 1.165) is 63.4 Å². The van der Waals surface area contributed by atoms with Gasteiger partial charge < -0.3 is 14.9 Å². The van der Waals surface area contributed by atoms with Crippen molar-refractivity contribution in [3.05, 3.63) is 41.9 Å². The second-order valence-corrected chi connectivity index (χ2v) is 8.25. The van der Waals surface area contributed by atoms with Crippen LogP contribution in [0.25, 0.3) is 0 Å². The highest BCUT2D eigenvalue weighted by Crippen LogP contribution is 2.42. The Balaban J connectivity index is 0.000000383. The molecule has 0 unspecified atom stereocenters. The van der Waals surface area contributed by atoms with Gasteiger partial charge in [-0.1, -0.05) is 0 Å². The first-order chi connectivity index (χ1) is 15.6. The predicted molar refractivity (Wildman–Crippen MR) is 112 cm³/mol. The van der Waals surface area contributed by atoms with Crippen molar-refractivity contribution in [1.82, 2.24) is 25.3 Å². The lowest BCUT2D eigenvalue weighted by atomic mass is 9.71. The number of carbonyl (C=O) groups is 2. The number of aromatic nitrogens is 4. The van der Waals surface area contributed by atoms with Crippen molar-refractivity contribution in [1.29, 1.82) is 0 Å². The Morgan fingerprint density at radius 3 is 2.06 bits per heavy atom. The summed E-state index contributed by atoms with van der Waals surface area (Å²) in [5.41, 5.74) is 1.94. The van der Waals surface area contributed by atoms with Crippen LogP contribution in [0.2, 0.25) is 0 Å². The van der Waals surface area contributed by atoms with E-state index in [1.807, 2.05) is 17.9 Å². The van der Waals surface area contributed by atoms with E-state index in [-0.39, 0.29) is 5.91 Å². The van der Waals surface area contributed by atoms with Gasteiger partial charge >= 0.3 is 12.1 Å². The summed E-state index contributed by atoms with van der Waals surface area (Å²) in [6, 6.07) is 5.82. The van der Waals surface area contributed by atoms with E-state index < -0.39 is 12.1 Å². The zero-order chi connectivity index (χ0) is 24.1. The fraction of sp³-hybridized carbons (Fsp3) is 0.524. The number of alkyl halides is 3. The highest BCUT2D eigenvalue weighted by atomic mass is 19.4. The minimum atomic E-state index is -5.08. The van der Waals surface area contributed by atoms with Gasteiger partial charge in [-0.15, -0.1) is 5.10 Å². The normalized spacial score (nSPS) is 17.8. The first-order valence-corrected chi connectivity index (χ1v) is 10.5. The topological polar surface area (TPSA) is 112 Å². The van der Waals surface area contributed by atoms with Gasteiger partial charge in [-0.3, -0.25) is 4.79 Å². The highest BCUT2D eigenvalue weighted by molar-refractivity contribution is 5.93. The molecule has 0 bridgehead atoms. The molecule has 9 nitrogen and oxygen atoms in total. The fourth-order valence-electron chi connectivity index (χ4n) is 4.05. The molecule has 2 aromatic heterocycles. The van der Waals surface area contributed by atoms with Crippen LogP contribution in [-0.4, -0.2) is 74.6 Å². The largest absolute Gasteiger partial charge is 0.490 e. The van der Waals surface area contributed by atoms with Crippen LogP contribution in [0, 0.1) is 12.3 Å². The molecule has 0 aliphatic carbocycles. The number of nitrogens with zero attached hydrogens (tertiary/aromatic N) is 6. The molecule has 2 fully saturated rings. The number of hydrogen-bond acceptors (Lipinski definition) is 7. The molecule has 33 heavy (non-hydrogen) atoms. The number of amides is 1. The summed E-state index contributed by atoms with van der Waals surface area (Å²) in [5, 5.41) is 23.2. The molecule has 2 aliphatic rings. The van der Waals surface area contributed by atoms with E-state index >= 15 is 0 Å². The number of carboxylic acids is 1. The summed E-state index contributed by atoms with van der Waals surface area (Å²) in [4.78, 5) is 25.8. The summed E-state index contributed by atoms with van der Waals surface area (Å²) in [7, 11) is 0. The molecule has 2 saturated heterocycles. The molecule has 0 radical (unpaired) electrons. The van der Waals surface area contributed by atoms with Crippen LogP contribution >= 0.6 is 0 Å². The summed E-state index contributed by atoms with van der Waals surface area (Å²) in [6.07, 6.45) is 2.49. The highest BCUT2D eigenvalue weighted by Gasteiger charge is 2.39. The Morgan fingerprint density at radius 2 is 1.58 bits per heavy atom. The minimum absolute atomic E-state index is 0.0714. The van der Waals surface area contributed by atoms with E-state index in [1.165, 1.54) is 0 Å². The summed E-state index contributed by atoms with van der Waals surface area (Å²) >= 11 is 0. The molecule has 2 aromatic rings. The lowest BCUT2D eigenvalue weighted by Crippen LogP contribution is -2.48. The van der Waals surface area contributed by atoms with E-state index in [0.29, 0.717) is 11.0 Å². The number of carbonyl (C=O) groups excluding carboxylic acids is 1. The van der Waals surface area contributed by atoms with E-state index in [1.54, 1.807) is 18.5 Å². The van der Waals surface area contributed by atoms with Gasteiger partial charge in [0.15, 0.2) is 5.82 Å². The third-order valence-corrected chi connectivity index (χ3v) is 6.12. The smallest absolute Gasteiger partial charge is 0.475 e. The average molecular weight is 466 g/mol. The average Bonchev–Trinajstić information content (AvgIpc) is 2.81. The van der Waals surface area contributed by atoms with Crippen LogP contribution in [0.4, 0.5) is 19.0 Å². The molecule has 4 rings (SSSR count). The number of aryl methyl sites for hydroxylation is 1. The molecule has 12 heteroatoms. The maximum Gasteiger partial charge on any atom is 0.490 e. The lowest BCUT2D eigenvalue weighted by molar-refractivity contribution is -0.192. The van der Waals surface area contributed by atoms with Crippen LogP contribution in [0.15, 0.2) is 30.6 Å². The Hall–Kier alpha value is -3.31. The number of piperidine rings is 2. The number of anilines is 1. The summed E-state index contributed by atoms with van der Waals surface area (Å²) in [5.74, 6) is -1.71. The number of rotatable bonds is 2. The number of likely N-dealkylation sites (tertiary alicyclic amines) is 1. The molecular weight excluding hydrogens is 441 g/mol. The van der Waals surface area contributed by atoms with Gasteiger partial charge in [0.05, 0.1) is 23.7 Å². The lowest BCUT2D eigenvalue weighted by Gasteiger charge is -2.47. The zero-order valence-corrected chi connectivity index (χ0v) is 18.1. The van der Waals surface area contributed by atoms with Crippen molar-refractivity contribution in [2.75, 3.05) is 31.1 Å². The van der Waals surface area contributed by atoms with E-state index in [2.05, 4.69) is 31.4 Å². The molecule has 0 aromatic carbocycles. The maximum absolute atomic E-state index is 12.6. The van der Waals surface area contributed by atoms with Gasteiger partial charge in [-0.05, 0) is 56.2 Å².